The lowest BCUT2D eigenvalue weighted by Crippen LogP contribution is -2.23. The van der Waals surface area contributed by atoms with E-state index >= 15 is 0 Å². The quantitative estimate of drug-likeness (QED) is 0.528. The molecule has 0 spiro atoms. The number of rotatable bonds is 6. The summed E-state index contributed by atoms with van der Waals surface area (Å²) < 4.78 is 5.18. The van der Waals surface area contributed by atoms with Gasteiger partial charge in [0.05, 0.1) is 0 Å². The van der Waals surface area contributed by atoms with Gasteiger partial charge in [0.15, 0.2) is 0 Å². The van der Waals surface area contributed by atoms with Crippen molar-refractivity contribution in [2.24, 2.45) is 0 Å². The molecule has 0 fully saturated rings. The van der Waals surface area contributed by atoms with Crippen molar-refractivity contribution in [3.8, 4) is 0 Å². The maximum Gasteiger partial charge on any atom is 0.306 e. The Morgan fingerprint density at radius 3 is 2.43 bits per heavy atom. The molecule has 0 aromatic heterocycles. The molecule has 0 aliphatic heterocycles. The average Bonchev–Trinajstić information content (AvgIpc) is 2.00. The van der Waals surface area contributed by atoms with Crippen molar-refractivity contribution in [1.82, 2.24) is 5.32 Å². The Labute approximate surface area is 87.2 Å². The lowest BCUT2D eigenvalue weighted by atomic mass is 10.2. The van der Waals surface area contributed by atoms with Crippen molar-refractivity contribution < 1.29 is 9.53 Å². The molecule has 0 rings (SSSR count). The zero-order valence-corrected chi connectivity index (χ0v) is 9.85. The van der Waals surface area contributed by atoms with Crippen molar-refractivity contribution >= 4 is 5.97 Å². The molecule has 0 bridgehead atoms. The van der Waals surface area contributed by atoms with E-state index in [9.17, 15) is 4.79 Å². The maximum atomic E-state index is 11.2. The number of carbonyl (C=O) groups is 1. The van der Waals surface area contributed by atoms with Gasteiger partial charge in [0.25, 0.3) is 0 Å². The summed E-state index contributed by atoms with van der Waals surface area (Å²) in [6, 6.07) is 0. The largest absolute Gasteiger partial charge is 0.460 e. The topological polar surface area (TPSA) is 38.3 Å². The summed E-state index contributed by atoms with van der Waals surface area (Å²) in [5, 5.41) is 3.22. The second kappa shape index (κ2) is 6.82. The second-order valence-corrected chi connectivity index (χ2v) is 4.40. The third-order valence-electron chi connectivity index (χ3n) is 1.65. The standard InChI is InChI=1S/C11H23NO2/c1-5-12-9-7-6-8-10(13)14-11(2,3)4/h12H,5-9H2,1-4H3. The minimum absolute atomic E-state index is 0.0889. The van der Waals surface area contributed by atoms with Gasteiger partial charge >= 0.3 is 5.97 Å². The van der Waals surface area contributed by atoms with E-state index in [1.807, 2.05) is 20.8 Å². The molecule has 14 heavy (non-hydrogen) atoms. The molecule has 3 heteroatoms. The predicted octanol–water partition coefficient (Wildman–Crippen LogP) is 2.11. The van der Waals surface area contributed by atoms with E-state index in [1.165, 1.54) is 0 Å². The fraction of sp³-hybridized carbons (Fsp3) is 0.909. The first-order valence-corrected chi connectivity index (χ1v) is 5.38. The molecule has 0 radical (unpaired) electrons. The molecule has 0 aliphatic rings. The summed E-state index contributed by atoms with van der Waals surface area (Å²) in [5.41, 5.74) is -0.348. The van der Waals surface area contributed by atoms with Crippen molar-refractivity contribution in [3.63, 3.8) is 0 Å². The first kappa shape index (κ1) is 13.4. The van der Waals surface area contributed by atoms with E-state index < -0.39 is 0 Å². The first-order valence-electron chi connectivity index (χ1n) is 5.38. The summed E-state index contributed by atoms with van der Waals surface area (Å²) in [6.07, 6.45) is 2.47. The number of hydrogen-bond donors (Lipinski definition) is 1. The molecule has 0 amide bonds. The van der Waals surface area contributed by atoms with Crippen LogP contribution in [0.1, 0.15) is 47.0 Å². The zero-order chi connectivity index (χ0) is 11.0. The van der Waals surface area contributed by atoms with Crippen LogP contribution in [0.25, 0.3) is 0 Å². The van der Waals surface area contributed by atoms with Gasteiger partial charge in [-0.25, -0.2) is 0 Å². The van der Waals surface area contributed by atoms with Crippen LogP contribution in [0.5, 0.6) is 0 Å². The number of unbranched alkanes of at least 4 members (excludes halogenated alkanes) is 1. The Hall–Kier alpha value is -0.570. The van der Waals surface area contributed by atoms with E-state index in [-0.39, 0.29) is 11.6 Å². The fourth-order valence-electron chi connectivity index (χ4n) is 1.09. The summed E-state index contributed by atoms with van der Waals surface area (Å²) >= 11 is 0. The Morgan fingerprint density at radius 1 is 1.29 bits per heavy atom. The molecule has 0 saturated heterocycles. The fourth-order valence-corrected chi connectivity index (χ4v) is 1.09. The smallest absolute Gasteiger partial charge is 0.306 e. The zero-order valence-electron chi connectivity index (χ0n) is 9.85. The lowest BCUT2D eigenvalue weighted by molar-refractivity contribution is -0.154. The highest BCUT2D eigenvalue weighted by molar-refractivity contribution is 5.69. The van der Waals surface area contributed by atoms with Crippen molar-refractivity contribution in [1.29, 1.82) is 0 Å². The Balaban J connectivity index is 3.36. The third-order valence-corrected chi connectivity index (χ3v) is 1.65. The van der Waals surface area contributed by atoms with E-state index in [4.69, 9.17) is 4.74 Å². The molecule has 0 aliphatic carbocycles. The molecular formula is C11H23NO2. The van der Waals surface area contributed by atoms with Gasteiger partial charge in [0.1, 0.15) is 5.60 Å². The van der Waals surface area contributed by atoms with E-state index in [0.717, 1.165) is 25.9 Å². The normalized spacial score (nSPS) is 11.4. The molecule has 0 saturated carbocycles. The van der Waals surface area contributed by atoms with Gasteiger partial charge in [-0.1, -0.05) is 6.92 Å². The molecule has 1 N–H and O–H groups in total. The number of ether oxygens (including phenoxy) is 1. The SMILES string of the molecule is CCNCCCCC(=O)OC(C)(C)C. The molecular weight excluding hydrogens is 178 g/mol. The van der Waals surface area contributed by atoms with Crippen LogP contribution in [0.15, 0.2) is 0 Å². The highest BCUT2D eigenvalue weighted by Gasteiger charge is 2.15. The van der Waals surface area contributed by atoms with Gasteiger partial charge < -0.3 is 10.1 Å². The molecule has 3 nitrogen and oxygen atoms in total. The van der Waals surface area contributed by atoms with Crippen LogP contribution in [0.2, 0.25) is 0 Å². The molecule has 0 aromatic carbocycles. The molecule has 0 atom stereocenters. The Bertz CT molecular complexity index is 161. The number of carbonyl (C=O) groups excluding carboxylic acids is 1. The lowest BCUT2D eigenvalue weighted by Gasteiger charge is -2.19. The monoisotopic (exact) mass is 201 g/mol. The highest BCUT2D eigenvalue weighted by Crippen LogP contribution is 2.09. The van der Waals surface area contributed by atoms with Crippen LogP contribution < -0.4 is 5.32 Å². The van der Waals surface area contributed by atoms with Gasteiger partial charge in [0, 0.05) is 6.42 Å². The van der Waals surface area contributed by atoms with Crippen LogP contribution in [0, 0.1) is 0 Å². The molecule has 84 valence electrons. The summed E-state index contributed by atoms with van der Waals surface area (Å²) in [5.74, 6) is -0.0889. The van der Waals surface area contributed by atoms with Crippen LogP contribution in [0.3, 0.4) is 0 Å². The molecule has 0 aromatic rings. The van der Waals surface area contributed by atoms with Gasteiger partial charge in [-0.2, -0.15) is 0 Å². The predicted molar refractivity (Wildman–Crippen MR) is 58.2 cm³/mol. The van der Waals surface area contributed by atoms with Crippen LogP contribution in [0.4, 0.5) is 0 Å². The van der Waals surface area contributed by atoms with Crippen molar-refractivity contribution in [2.45, 2.75) is 52.6 Å². The van der Waals surface area contributed by atoms with Gasteiger partial charge in [-0.3, -0.25) is 4.79 Å². The van der Waals surface area contributed by atoms with Gasteiger partial charge in [0.2, 0.25) is 0 Å². The second-order valence-electron chi connectivity index (χ2n) is 4.40. The van der Waals surface area contributed by atoms with E-state index in [1.54, 1.807) is 0 Å². The van der Waals surface area contributed by atoms with E-state index in [2.05, 4.69) is 12.2 Å². The number of hydrogen-bond acceptors (Lipinski definition) is 3. The minimum atomic E-state index is -0.348. The minimum Gasteiger partial charge on any atom is -0.460 e. The average molecular weight is 201 g/mol. The van der Waals surface area contributed by atoms with Crippen LogP contribution in [-0.4, -0.2) is 24.7 Å². The summed E-state index contributed by atoms with van der Waals surface area (Å²) in [7, 11) is 0. The third kappa shape index (κ3) is 9.52. The van der Waals surface area contributed by atoms with Crippen LogP contribution in [-0.2, 0) is 9.53 Å². The first-order chi connectivity index (χ1) is 6.45. The summed E-state index contributed by atoms with van der Waals surface area (Å²) in [4.78, 5) is 11.2. The Morgan fingerprint density at radius 2 is 1.93 bits per heavy atom. The number of nitrogens with one attached hydrogen (secondary N) is 1. The van der Waals surface area contributed by atoms with Crippen molar-refractivity contribution in [2.75, 3.05) is 13.1 Å². The highest BCUT2D eigenvalue weighted by atomic mass is 16.6. The summed E-state index contributed by atoms with van der Waals surface area (Å²) in [6.45, 7) is 9.73. The van der Waals surface area contributed by atoms with Gasteiger partial charge in [-0.05, 0) is 46.7 Å². The molecule has 0 heterocycles. The van der Waals surface area contributed by atoms with Crippen LogP contribution >= 0.6 is 0 Å². The van der Waals surface area contributed by atoms with Crippen molar-refractivity contribution in [3.05, 3.63) is 0 Å². The van der Waals surface area contributed by atoms with E-state index in [0.29, 0.717) is 6.42 Å². The number of esters is 1. The van der Waals surface area contributed by atoms with Gasteiger partial charge in [-0.15, -0.1) is 0 Å². The Kier molecular flexibility index (Phi) is 6.54. The maximum absolute atomic E-state index is 11.2. The molecule has 0 unspecified atom stereocenters.